The molecule has 0 N–H and O–H groups in total. The summed E-state index contributed by atoms with van der Waals surface area (Å²) in [4.78, 5) is 12.6. The SMILES string of the molecule is CCOC(=O)COc1cc2cc(-c3ccc(C)cc3)sc2c(Cl)c1Cl. The maximum absolute atomic E-state index is 11.5. The molecule has 1 aromatic heterocycles. The molecule has 0 fully saturated rings. The molecule has 0 aliphatic rings. The Morgan fingerprint density at radius 2 is 1.84 bits per heavy atom. The van der Waals surface area contributed by atoms with Crippen LogP contribution in [-0.4, -0.2) is 19.2 Å². The van der Waals surface area contributed by atoms with Crippen LogP contribution < -0.4 is 4.74 Å². The maximum atomic E-state index is 11.5. The summed E-state index contributed by atoms with van der Waals surface area (Å²) in [6.07, 6.45) is 0. The average Bonchev–Trinajstić information content (AvgIpc) is 3.02. The van der Waals surface area contributed by atoms with Crippen LogP contribution in [0.15, 0.2) is 36.4 Å². The predicted molar refractivity (Wildman–Crippen MR) is 104 cm³/mol. The van der Waals surface area contributed by atoms with Crippen LogP contribution in [0.3, 0.4) is 0 Å². The monoisotopic (exact) mass is 394 g/mol. The molecule has 0 radical (unpaired) electrons. The second-order valence-corrected chi connectivity index (χ2v) is 7.30. The fourth-order valence-electron chi connectivity index (χ4n) is 2.40. The summed E-state index contributed by atoms with van der Waals surface area (Å²) in [5.41, 5.74) is 2.33. The summed E-state index contributed by atoms with van der Waals surface area (Å²) in [6.45, 7) is 3.90. The molecule has 0 atom stereocenters. The fourth-order valence-corrected chi connectivity index (χ4v) is 4.07. The molecule has 0 saturated carbocycles. The number of carbonyl (C=O) groups excluding carboxylic acids is 1. The molecular formula is C19H16Cl2O3S. The van der Waals surface area contributed by atoms with E-state index in [0.29, 0.717) is 22.4 Å². The number of halogens is 2. The number of rotatable bonds is 5. The van der Waals surface area contributed by atoms with Crippen LogP contribution in [0, 0.1) is 6.92 Å². The van der Waals surface area contributed by atoms with Gasteiger partial charge in [-0.15, -0.1) is 11.3 Å². The molecule has 6 heteroatoms. The van der Waals surface area contributed by atoms with Crippen LogP contribution in [0.4, 0.5) is 0 Å². The lowest BCUT2D eigenvalue weighted by Gasteiger charge is -2.09. The Bertz CT molecular complexity index is 917. The molecule has 3 aromatic rings. The van der Waals surface area contributed by atoms with E-state index < -0.39 is 5.97 Å². The van der Waals surface area contributed by atoms with E-state index in [0.717, 1.165) is 20.5 Å². The van der Waals surface area contributed by atoms with Gasteiger partial charge >= 0.3 is 5.97 Å². The van der Waals surface area contributed by atoms with Gasteiger partial charge in [0.15, 0.2) is 6.61 Å². The van der Waals surface area contributed by atoms with Gasteiger partial charge in [0.25, 0.3) is 0 Å². The van der Waals surface area contributed by atoms with Crippen LogP contribution in [0.25, 0.3) is 20.5 Å². The van der Waals surface area contributed by atoms with E-state index in [1.807, 2.05) is 6.07 Å². The molecule has 1 heterocycles. The van der Waals surface area contributed by atoms with Crippen molar-refractivity contribution < 1.29 is 14.3 Å². The molecule has 0 aliphatic carbocycles. The summed E-state index contributed by atoms with van der Waals surface area (Å²) < 4.78 is 11.2. The van der Waals surface area contributed by atoms with Crippen molar-refractivity contribution in [2.45, 2.75) is 13.8 Å². The van der Waals surface area contributed by atoms with E-state index in [2.05, 4.69) is 31.2 Å². The van der Waals surface area contributed by atoms with Gasteiger partial charge in [-0.3, -0.25) is 0 Å². The molecule has 2 aromatic carbocycles. The van der Waals surface area contributed by atoms with Crippen LogP contribution in [0.2, 0.25) is 10.0 Å². The normalized spacial score (nSPS) is 10.9. The minimum Gasteiger partial charge on any atom is -0.480 e. The lowest BCUT2D eigenvalue weighted by molar-refractivity contribution is -0.145. The van der Waals surface area contributed by atoms with Gasteiger partial charge in [-0.1, -0.05) is 53.0 Å². The predicted octanol–water partition coefficient (Wildman–Crippen LogP) is 6.13. The van der Waals surface area contributed by atoms with Crippen molar-refractivity contribution in [1.29, 1.82) is 0 Å². The van der Waals surface area contributed by atoms with Gasteiger partial charge < -0.3 is 9.47 Å². The number of thiophene rings is 1. The van der Waals surface area contributed by atoms with Crippen LogP contribution in [0.1, 0.15) is 12.5 Å². The van der Waals surface area contributed by atoms with Gasteiger partial charge in [0.1, 0.15) is 10.8 Å². The fraction of sp³-hybridized carbons (Fsp3) is 0.211. The molecule has 0 bridgehead atoms. The number of aryl methyl sites for hydroxylation is 1. The zero-order valence-corrected chi connectivity index (χ0v) is 16.1. The van der Waals surface area contributed by atoms with E-state index in [4.69, 9.17) is 32.7 Å². The first-order valence-corrected chi connectivity index (χ1v) is 9.34. The molecule has 3 rings (SSSR count). The number of hydrogen-bond acceptors (Lipinski definition) is 4. The topological polar surface area (TPSA) is 35.5 Å². The third kappa shape index (κ3) is 3.92. The summed E-state index contributed by atoms with van der Waals surface area (Å²) in [7, 11) is 0. The van der Waals surface area contributed by atoms with Gasteiger partial charge in [0.05, 0.1) is 16.3 Å². The highest BCUT2D eigenvalue weighted by Gasteiger charge is 2.16. The summed E-state index contributed by atoms with van der Waals surface area (Å²) in [5.74, 6) is -0.0686. The molecule has 130 valence electrons. The summed E-state index contributed by atoms with van der Waals surface area (Å²) >= 11 is 14.3. The summed E-state index contributed by atoms with van der Waals surface area (Å²) in [5, 5.41) is 1.66. The van der Waals surface area contributed by atoms with Gasteiger partial charge in [-0.25, -0.2) is 4.79 Å². The quantitative estimate of drug-likeness (QED) is 0.488. The third-order valence-corrected chi connectivity index (χ3v) is 5.82. The van der Waals surface area contributed by atoms with E-state index in [1.54, 1.807) is 24.3 Å². The zero-order chi connectivity index (χ0) is 18.0. The molecular weight excluding hydrogens is 379 g/mol. The average molecular weight is 395 g/mol. The Morgan fingerprint density at radius 1 is 1.12 bits per heavy atom. The standard InChI is InChI=1S/C19H16Cl2O3S/c1-3-23-16(22)10-24-14-8-13-9-15(12-6-4-11(2)5-7-12)25-19(13)18(21)17(14)20/h4-9H,3,10H2,1-2H3. The van der Waals surface area contributed by atoms with Gasteiger partial charge in [-0.05, 0) is 36.9 Å². The van der Waals surface area contributed by atoms with Crippen molar-refractivity contribution in [1.82, 2.24) is 0 Å². The van der Waals surface area contributed by atoms with Crippen molar-refractivity contribution in [3.8, 4) is 16.2 Å². The van der Waals surface area contributed by atoms with Gasteiger partial charge in [0.2, 0.25) is 0 Å². The maximum Gasteiger partial charge on any atom is 0.344 e. The number of fused-ring (bicyclic) bond motifs is 1. The molecule has 0 spiro atoms. The zero-order valence-electron chi connectivity index (χ0n) is 13.8. The Hall–Kier alpha value is -1.75. The molecule has 0 aliphatic heterocycles. The highest BCUT2D eigenvalue weighted by atomic mass is 35.5. The molecule has 3 nitrogen and oxygen atoms in total. The largest absolute Gasteiger partial charge is 0.480 e. The van der Waals surface area contributed by atoms with Crippen LogP contribution >= 0.6 is 34.5 Å². The van der Waals surface area contributed by atoms with Gasteiger partial charge in [-0.2, -0.15) is 0 Å². The van der Waals surface area contributed by atoms with E-state index in [1.165, 1.54) is 5.56 Å². The van der Waals surface area contributed by atoms with Crippen molar-refractivity contribution >= 4 is 50.6 Å². The third-order valence-electron chi connectivity index (χ3n) is 3.64. The molecule has 0 amide bonds. The lowest BCUT2D eigenvalue weighted by Crippen LogP contribution is -2.14. The van der Waals surface area contributed by atoms with Crippen molar-refractivity contribution in [2.75, 3.05) is 13.2 Å². The minimum absolute atomic E-state index is 0.204. The number of hydrogen-bond donors (Lipinski definition) is 0. The Balaban J connectivity index is 1.95. The first kappa shape index (κ1) is 18.1. The van der Waals surface area contributed by atoms with E-state index in [9.17, 15) is 4.79 Å². The highest BCUT2D eigenvalue weighted by molar-refractivity contribution is 7.23. The molecule has 0 unspecified atom stereocenters. The van der Waals surface area contributed by atoms with Crippen molar-refractivity contribution in [3.63, 3.8) is 0 Å². The highest BCUT2D eigenvalue weighted by Crippen LogP contribution is 2.44. The number of ether oxygens (including phenoxy) is 2. The minimum atomic E-state index is -0.444. The molecule has 0 saturated heterocycles. The first-order chi connectivity index (χ1) is 12.0. The van der Waals surface area contributed by atoms with Crippen LogP contribution in [-0.2, 0) is 9.53 Å². The van der Waals surface area contributed by atoms with Crippen LogP contribution in [0.5, 0.6) is 5.75 Å². The number of esters is 1. The molecule has 25 heavy (non-hydrogen) atoms. The second kappa shape index (κ2) is 7.65. The smallest absolute Gasteiger partial charge is 0.344 e. The Morgan fingerprint density at radius 3 is 2.52 bits per heavy atom. The Kier molecular flexibility index (Phi) is 5.52. The second-order valence-electron chi connectivity index (χ2n) is 5.49. The first-order valence-electron chi connectivity index (χ1n) is 7.76. The lowest BCUT2D eigenvalue weighted by atomic mass is 10.1. The number of benzene rings is 2. The summed E-state index contributed by atoms with van der Waals surface area (Å²) in [6, 6.07) is 12.1. The van der Waals surface area contributed by atoms with E-state index >= 15 is 0 Å². The van der Waals surface area contributed by atoms with Crippen molar-refractivity contribution in [2.24, 2.45) is 0 Å². The van der Waals surface area contributed by atoms with Gasteiger partial charge in [0, 0.05) is 4.88 Å². The number of carbonyl (C=O) groups is 1. The van der Waals surface area contributed by atoms with E-state index in [-0.39, 0.29) is 6.61 Å². The van der Waals surface area contributed by atoms with Crippen molar-refractivity contribution in [3.05, 3.63) is 52.0 Å². The Labute approximate surface area is 160 Å².